The number of unbranched alkanes of at least 4 members (excludes halogenated alkanes) is 1. The summed E-state index contributed by atoms with van der Waals surface area (Å²) in [4.78, 5) is 50.8. The summed E-state index contributed by atoms with van der Waals surface area (Å²) in [5.74, 6) is -2.00. The molecular formula is C22H22N2O5. The molecule has 2 aromatic carbocycles. The molecule has 29 heavy (non-hydrogen) atoms. The molecule has 1 aliphatic heterocycles. The maximum atomic E-state index is 12.7. The van der Waals surface area contributed by atoms with Gasteiger partial charge in [-0.2, -0.15) is 0 Å². The summed E-state index contributed by atoms with van der Waals surface area (Å²) in [5.41, 5.74) is 1.26. The first kappa shape index (κ1) is 20.3. The molecule has 1 unspecified atom stereocenters. The molecule has 3 rings (SSSR count). The van der Waals surface area contributed by atoms with E-state index in [1.54, 1.807) is 42.5 Å². The van der Waals surface area contributed by atoms with Crippen molar-refractivity contribution in [3.63, 3.8) is 0 Å². The highest BCUT2D eigenvalue weighted by atomic mass is 16.5. The first-order valence-corrected chi connectivity index (χ1v) is 9.49. The number of carbonyl (C=O) groups is 4. The number of benzene rings is 2. The van der Waals surface area contributed by atoms with Crippen molar-refractivity contribution in [2.24, 2.45) is 0 Å². The van der Waals surface area contributed by atoms with Crippen molar-refractivity contribution in [3.8, 4) is 0 Å². The molecule has 0 bridgehead atoms. The molecule has 3 amide bonds. The molecule has 0 saturated heterocycles. The highest BCUT2D eigenvalue weighted by Gasteiger charge is 2.40. The zero-order chi connectivity index (χ0) is 21.0. The minimum absolute atomic E-state index is 0.286. The van der Waals surface area contributed by atoms with Crippen molar-refractivity contribution in [1.29, 1.82) is 0 Å². The third-order valence-electron chi connectivity index (χ3n) is 4.69. The first-order chi connectivity index (χ1) is 13.9. The van der Waals surface area contributed by atoms with Gasteiger partial charge >= 0.3 is 5.97 Å². The number of amides is 3. The minimum Gasteiger partial charge on any atom is -0.462 e. The van der Waals surface area contributed by atoms with Crippen LogP contribution in [0.1, 0.15) is 57.8 Å². The Bertz CT molecular complexity index is 934. The van der Waals surface area contributed by atoms with Crippen LogP contribution in [0, 0.1) is 0 Å². The van der Waals surface area contributed by atoms with E-state index in [1.807, 2.05) is 6.92 Å². The van der Waals surface area contributed by atoms with Gasteiger partial charge in [-0.1, -0.05) is 31.5 Å². The van der Waals surface area contributed by atoms with Gasteiger partial charge in [0.25, 0.3) is 11.8 Å². The fraction of sp³-hybridized carbons (Fsp3) is 0.273. The van der Waals surface area contributed by atoms with Gasteiger partial charge in [0.2, 0.25) is 5.91 Å². The van der Waals surface area contributed by atoms with Crippen LogP contribution in [0.3, 0.4) is 0 Å². The SMILES string of the molecule is CCCCOC(=O)c1cccc(NC(=O)C(C)N2C(=O)c3ccccc3C2=O)c1. The average Bonchev–Trinajstić information content (AvgIpc) is 2.98. The number of nitrogens with zero attached hydrogens (tertiary/aromatic N) is 1. The lowest BCUT2D eigenvalue weighted by Crippen LogP contribution is -2.45. The monoisotopic (exact) mass is 394 g/mol. The summed E-state index contributed by atoms with van der Waals surface area (Å²) in [6.07, 6.45) is 1.69. The molecule has 7 heteroatoms. The molecule has 0 spiro atoms. The second-order valence-electron chi connectivity index (χ2n) is 6.76. The summed E-state index contributed by atoms with van der Waals surface area (Å²) < 4.78 is 5.17. The van der Waals surface area contributed by atoms with E-state index in [0.29, 0.717) is 17.9 Å². The third-order valence-corrected chi connectivity index (χ3v) is 4.69. The van der Waals surface area contributed by atoms with Crippen molar-refractivity contribution >= 4 is 29.4 Å². The minimum atomic E-state index is -1.01. The molecule has 1 N–H and O–H groups in total. The Kier molecular flexibility index (Phi) is 6.07. The quantitative estimate of drug-likeness (QED) is 0.442. The van der Waals surface area contributed by atoms with E-state index in [2.05, 4.69) is 5.32 Å². The fourth-order valence-electron chi connectivity index (χ4n) is 3.04. The van der Waals surface area contributed by atoms with Gasteiger partial charge < -0.3 is 10.1 Å². The molecule has 0 aliphatic carbocycles. The number of fused-ring (bicyclic) bond motifs is 1. The summed E-state index contributed by atoms with van der Waals surface area (Å²) in [7, 11) is 0. The van der Waals surface area contributed by atoms with Crippen LogP contribution in [0.5, 0.6) is 0 Å². The molecular weight excluding hydrogens is 372 g/mol. The zero-order valence-corrected chi connectivity index (χ0v) is 16.3. The van der Waals surface area contributed by atoms with E-state index in [-0.39, 0.29) is 11.1 Å². The molecule has 0 saturated carbocycles. The van der Waals surface area contributed by atoms with Crippen LogP contribution in [0.2, 0.25) is 0 Å². The summed E-state index contributed by atoms with van der Waals surface area (Å²) in [5, 5.41) is 2.66. The van der Waals surface area contributed by atoms with Crippen molar-refractivity contribution < 1.29 is 23.9 Å². The number of imide groups is 1. The van der Waals surface area contributed by atoms with Crippen LogP contribution in [0.15, 0.2) is 48.5 Å². The lowest BCUT2D eigenvalue weighted by Gasteiger charge is -2.21. The summed E-state index contributed by atoms with van der Waals surface area (Å²) >= 11 is 0. The van der Waals surface area contributed by atoms with Crippen LogP contribution in [-0.4, -0.2) is 41.2 Å². The number of anilines is 1. The summed E-state index contributed by atoms with van der Waals surface area (Å²) in [6, 6.07) is 11.8. The molecule has 0 radical (unpaired) electrons. The van der Waals surface area contributed by atoms with E-state index < -0.39 is 29.7 Å². The molecule has 7 nitrogen and oxygen atoms in total. The van der Waals surface area contributed by atoms with Crippen LogP contribution in [0.4, 0.5) is 5.69 Å². The van der Waals surface area contributed by atoms with E-state index in [4.69, 9.17) is 4.74 Å². The highest BCUT2D eigenvalue weighted by molar-refractivity contribution is 6.23. The van der Waals surface area contributed by atoms with Gasteiger partial charge in [-0.25, -0.2) is 4.79 Å². The number of hydrogen-bond donors (Lipinski definition) is 1. The lowest BCUT2D eigenvalue weighted by molar-refractivity contribution is -0.119. The maximum Gasteiger partial charge on any atom is 0.338 e. The molecule has 2 aromatic rings. The molecule has 1 heterocycles. The van der Waals surface area contributed by atoms with E-state index in [0.717, 1.165) is 17.7 Å². The Morgan fingerprint density at radius 1 is 1.03 bits per heavy atom. The van der Waals surface area contributed by atoms with Crippen LogP contribution < -0.4 is 5.32 Å². The van der Waals surface area contributed by atoms with Gasteiger partial charge in [0, 0.05) is 5.69 Å². The molecule has 1 aliphatic rings. The number of carbonyl (C=O) groups excluding carboxylic acids is 4. The van der Waals surface area contributed by atoms with Gasteiger partial charge in [0.15, 0.2) is 0 Å². The lowest BCUT2D eigenvalue weighted by atomic mass is 10.1. The molecule has 0 fully saturated rings. The number of hydrogen-bond acceptors (Lipinski definition) is 5. The smallest absolute Gasteiger partial charge is 0.338 e. The van der Waals surface area contributed by atoms with Crippen LogP contribution in [-0.2, 0) is 9.53 Å². The number of ether oxygens (including phenoxy) is 1. The van der Waals surface area contributed by atoms with Crippen molar-refractivity contribution in [3.05, 3.63) is 65.2 Å². The van der Waals surface area contributed by atoms with Crippen molar-refractivity contribution in [2.75, 3.05) is 11.9 Å². The van der Waals surface area contributed by atoms with E-state index in [1.165, 1.54) is 13.0 Å². The average molecular weight is 394 g/mol. The van der Waals surface area contributed by atoms with Gasteiger partial charge in [0.05, 0.1) is 23.3 Å². The Morgan fingerprint density at radius 2 is 1.69 bits per heavy atom. The number of esters is 1. The van der Waals surface area contributed by atoms with E-state index >= 15 is 0 Å². The Hall–Kier alpha value is -3.48. The predicted octanol–water partition coefficient (Wildman–Crippen LogP) is 3.27. The Morgan fingerprint density at radius 3 is 2.31 bits per heavy atom. The van der Waals surface area contributed by atoms with Crippen LogP contribution in [0.25, 0.3) is 0 Å². The highest BCUT2D eigenvalue weighted by Crippen LogP contribution is 2.25. The van der Waals surface area contributed by atoms with Gasteiger partial charge in [-0.15, -0.1) is 0 Å². The van der Waals surface area contributed by atoms with Gasteiger partial charge in [-0.3, -0.25) is 19.3 Å². The zero-order valence-electron chi connectivity index (χ0n) is 16.3. The standard InChI is InChI=1S/C22H22N2O5/c1-3-4-12-29-22(28)15-8-7-9-16(13-15)23-19(25)14(2)24-20(26)17-10-5-6-11-18(17)21(24)27/h5-11,13-14H,3-4,12H2,1-2H3,(H,23,25). The number of rotatable bonds is 7. The second kappa shape index (κ2) is 8.68. The topological polar surface area (TPSA) is 92.8 Å². The molecule has 0 aromatic heterocycles. The largest absolute Gasteiger partial charge is 0.462 e. The summed E-state index contributed by atoms with van der Waals surface area (Å²) in [6.45, 7) is 3.82. The third kappa shape index (κ3) is 4.18. The molecule has 1 atom stereocenters. The van der Waals surface area contributed by atoms with Gasteiger partial charge in [-0.05, 0) is 43.7 Å². The van der Waals surface area contributed by atoms with Crippen molar-refractivity contribution in [1.82, 2.24) is 4.90 Å². The van der Waals surface area contributed by atoms with Gasteiger partial charge in [0.1, 0.15) is 6.04 Å². The Balaban J connectivity index is 1.69. The predicted molar refractivity (Wildman–Crippen MR) is 107 cm³/mol. The molecule has 150 valence electrons. The Labute approximate surface area is 168 Å². The maximum absolute atomic E-state index is 12.7. The van der Waals surface area contributed by atoms with Crippen LogP contribution >= 0.6 is 0 Å². The van der Waals surface area contributed by atoms with Crippen molar-refractivity contribution in [2.45, 2.75) is 32.7 Å². The van der Waals surface area contributed by atoms with E-state index in [9.17, 15) is 19.2 Å². The number of nitrogens with one attached hydrogen (secondary N) is 1. The normalized spacial score (nSPS) is 13.8. The first-order valence-electron chi connectivity index (χ1n) is 9.49. The fourth-order valence-corrected chi connectivity index (χ4v) is 3.04. The second-order valence-corrected chi connectivity index (χ2v) is 6.76.